The summed E-state index contributed by atoms with van der Waals surface area (Å²) in [4.78, 5) is 25.4. The smallest absolute Gasteiger partial charge is 0.245 e. The Kier molecular flexibility index (Phi) is 5.80. The molecule has 0 aliphatic carbocycles. The number of nitrogens with two attached hydrogens (primary N) is 2. The van der Waals surface area contributed by atoms with E-state index in [-0.39, 0.29) is 12.5 Å². The first-order valence-electron chi connectivity index (χ1n) is 5.92. The van der Waals surface area contributed by atoms with Gasteiger partial charge in [0.1, 0.15) is 6.04 Å². The maximum absolute atomic E-state index is 12.2. The Morgan fingerprint density at radius 2 is 2.22 bits per heavy atom. The highest BCUT2D eigenvalue weighted by Gasteiger charge is 2.23. The van der Waals surface area contributed by atoms with Crippen LogP contribution >= 0.6 is 11.3 Å². The standard InChI is InChI=1S/C12H19N3O2S/c1-2-3-6-15(8-10(13)16)12(17)11(14)9-5-4-7-18-9/h4-5,7,11H,2-3,6,8,14H2,1H3,(H2,13,16). The molecule has 0 spiro atoms. The zero-order valence-electron chi connectivity index (χ0n) is 10.5. The molecule has 2 amide bonds. The number of unbranched alkanes of at least 4 members (excludes halogenated alkanes) is 1. The highest BCUT2D eigenvalue weighted by Crippen LogP contribution is 2.19. The van der Waals surface area contributed by atoms with E-state index in [9.17, 15) is 9.59 Å². The molecule has 1 unspecified atom stereocenters. The highest BCUT2D eigenvalue weighted by molar-refractivity contribution is 7.10. The summed E-state index contributed by atoms with van der Waals surface area (Å²) < 4.78 is 0. The number of nitrogens with zero attached hydrogens (tertiary/aromatic N) is 1. The Labute approximate surface area is 111 Å². The average Bonchev–Trinajstić information content (AvgIpc) is 2.85. The molecular formula is C12H19N3O2S. The van der Waals surface area contributed by atoms with Crippen LogP contribution in [0.25, 0.3) is 0 Å². The molecule has 0 aliphatic heterocycles. The third-order valence-electron chi connectivity index (χ3n) is 2.56. The summed E-state index contributed by atoms with van der Waals surface area (Å²) in [5.74, 6) is -0.762. The maximum atomic E-state index is 12.2. The highest BCUT2D eigenvalue weighted by atomic mass is 32.1. The predicted molar refractivity (Wildman–Crippen MR) is 71.9 cm³/mol. The van der Waals surface area contributed by atoms with Crippen molar-refractivity contribution >= 4 is 23.2 Å². The minimum atomic E-state index is -0.707. The molecule has 0 bridgehead atoms. The monoisotopic (exact) mass is 269 g/mol. The molecule has 1 rings (SSSR count). The molecule has 0 radical (unpaired) electrons. The molecule has 0 fully saturated rings. The van der Waals surface area contributed by atoms with Gasteiger partial charge in [-0.1, -0.05) is 19.4 Å². The van der Waals surface area contributed by atoms with E-state index < -0.39 is 11.9 Å². The van der Waals surface area contributed by atoms with E-state index in [1.807, 2.05) is 24.4 Å². The van der Waals surface area contributed by atoms with Gasteiger partial charge in [-0.05, 0) is 17.9 Å². The molecule has 0 saturated carbocycles. The summed E-state index contributed by atoms with van der Waals surface area (Å²) >= 11 is 1.43. The Morgan fingerprint density at radius 3 is 2.72 bits per heavy atom. The molecular weight excluding hydrogens is 250 g/mol. The molecule has 1 aromatic heterocycles. The van der Waals surface area contributed by atoms with Crippen LogP contribution in [0.1, 0.15) is 30.7 Å². The minimum absolute atomic E-state index is 0.0715. The number of amides is 2. The summed E-state index contributed by atoms with van der Waals surface area (Å²) in [6.07, 6.45) is 1.77. The summed E-state index contributed by atoms with van der Waals surface area (Å²) in [7, 11) is 0. The molecule has 0 aromatic carbocycles. The van der Waals surface area contributed by atoms with Crippen molar-refractivity contribution in [3.8, 4) is 0 Å². The molecule has 0 saturated heterocycles. The van der Waals surface area contributed by atoms with Gasteiger partial charge >= 0.3 is 0 Å². The lowest BCUT2D eigenvalue weighted by molar-refractivity contribution is -0.136. The summed E-state index contributed by atoms with van der Waals surface area (Å²) in [6, 6.07) is 2.95. The summed E-state index contributed by atoms with van der Waals surface area (Å²) in [5.41, 5.74) is 11.0. The van der Waals surface area contributed by atoms with Gasteiger partial charge in [0.05, 0.1) is 6.54 Å². The second-order valence-electron chi connectivity index (χ2n) is 4.07. The van der Waals surface area contributed by atoms with Crippen LogP contribution < -0.4 is 11.5 Å². The van der Waals surface area contributed by atoms with E-state index in [0.29, 0.717) is 6.54 Å². The molecule has 4 N–H and O–H groups in total. The molecule has 1 heterocycles. The fourth-order valence-corrected chi connectivity index (χ4v) is 2.31. The lowest BCUT2D eigenvalue weighted by atomic mass is 10.2. The van der Waals surface area contributed by atoms with Crippen LogP contribution in [0.15, 0.2) is 17.5 Å². The van der Waals surface area contributed by atoms with Gasteiger partial charge in [0.25, 0.3) is 0 Å². The quantitative estimate of drug-likeness (QED) is 0.769. The van der Waals surface area contributed by atoms with E-state index in [1.54, 1.807) is 0 Å². The number of primary amides is 1. The molecule has 100 valence electrons. The number of hydrogen-bond acceptors (Lipinski definition) is 4. The fraction of sp³-hybridized carbons (Fsp3) is 0.500. The maximum Gasteiger partial charge on any atom is 0.245 e. The van der Waals surface area contributed by atoms with Crippen molar-refractivity contribution in [1.82, 2.24) is 4.90 Å². The van der Waals surface area contributed by atoms with Crippen LogP contribution in [-0.2, 0) is 9.59 Å². The van der Waals surface area contributed by atoms with Gasteiger partial charge in [0.2, 0.25) is 11.8 Å². The van der Waals surface area contributed by atoms with Gasteiger partial charge < -0.3 is 16.4 Å². The first kappa shape index (κ1) is 14.7. The van der Waals surface area contributed by atoms with Crippen molar-refractivity contribution in [1.29, 1.82) is 0 Å². The molecule has 6 heteroatoms. The Morgan fingerprint density at radius 1 is 1.50 bits per heavy atom. The molecule has 0 aliphatic rings. The molecule has 1 aromatic rings. The number of hydrogen-bond donors (Lipinski definition) is 2. The lowest BCUT2D eigenvalue weighted by Crippen LogP contribution is -2.43. The Balaban J connectivity index is 2.71. The van der Waals surface area contributed by atoms with Crippen LogP contribution in [0.4, 0.5) is 0 Å². The first-order valence-corrected chi connectivity index (χ1v) is 6.80. The van der Waals surface area contributed by atoms with Crippen LogP contribution in [0.5, 0.6) is 0 Å². The van der Waals surface area contributed by atoms with Crippen LogP contribution in [-0.4, -0.2) is 29.8 Å². The van der Waals surface area contributed by atoms with Gasteiger partial charge in [-0.25, -0.2) is 0 Å². The van der Waals surface area contributed by atoms with Crippen molar-refractivity contribution in [2.75, 3.05) is 13.1 Å². The Hall–Kier alpha value is -1.40. The SMILES string of the molecule is CCCCN(CC(N)=O)C(=O)C(N)c1cccs1. The van der Waals surface area contributed by atoms with E-state index in [4.69, 9.17) is 11.5 Å². The second-order valence-corrected chi connectivity index (χ2v) is 5.05. The number of carbonyl (C=O) groups is 2. The van der Waals surface area contributed by atoms with Gasteiger partial charge in [-0.2, -0.15) is 0 Å². The Bertz CT molecular complexity index is 392. The topological polar surface area (TPSA) is 89.4 Å². The third-order valence-corrected chi connectivity index (χ3v) is 3.51. The fourth-order valence-electron chi connectivity index (χ4n) is 1.59. The zero-order valence-corrected chi connectivity index (χ0v) is 11.3. The third kappa shape index (κ3) is 4.12. The largest absolute Gasteiger partial charge is 0.368 e. The first-order chi connectivity index (χ1) is 8.56. The van der Waals surface area contributed by atoms with Gasteiger partial charge in [0, 0.05) is 11.4 Å². The molecule has 1 atom stereocenters. The molecule has 18 heavy (non-hydrogen) atoms. The van der Waals surface area contributed by atoms with Gasteiger partial charge in [0.15, 0.2) is 0 Å². The average molecular weight is 269 g/mol. The minimum Gasteiger partial charge on any atom is -0.368 e. The zero-order chi connectivity index (χ0) is 13.5. The predicted octanol–water partition coefficient (Wildman–Crippen LogP) is 0.862. The van der Waals surface area contributed by atoms with Gasteiger partial charge in [-0.3, -0.25) is 9.59 Å². The number of carbonyl (C=O) groups excluding carboxylic acids is 2. The van der Waals surface area contributed by atoms with Crippen molar-refractivity contribution in [3.05, 3.63) is 22.4 Å². The summed E-state index contributed by atoms with van der Waals surface area (Å²) in [5, 5.41) is 1.87. The van der Waals surface area contributed by atoms with E-state index >= 15 is 0 Å². The van der Waals surface area contributed by atoms with Gasteiger partial charge in [-0.15, -0.1) is 11.3 Å². The van der Waals surface area contributed by atoms with E-state index in [2.05, 4.69) is 0 Å². The van der Waals surface area contributed by atoms with Crippen LogP contribution in [0, 0.1) is 0 Å². The number of thiophene rings is 1. The number of rotatable bonds is 7. The van der Waals surface area contributed by atoms with Crippen molar-refractivity contribution in [3.63, 3.8) is 0 Å². The normalized spacial score (nSPS) is 12.1. The van der Waals surface area contributed by atoms with E-state index in [1.165, 1.54) is 16.2 Å². The van der Waals surface area contributed by atoms with Crippen molar-refractivity contribution in [2.45, 2.75) is 25.8 Å². The lowest BCUT2D eigenvalue weighted by Gasteiger charge is -2.23. The van der Waals surface area contributed by atoms with Crippen LogP contribution in [0.2, 0.25) is 0 Å². The van der Waals surface area contributed by atoms with Crippen molar-refractivity contribution < 1.29 is 9.59 Å². The second kappa shape index (κ2) is 7.13. The van der Waals surface area contributed by atoms with E-state index in [0.717, 1.165) is 17.7 Å². The van der Waals surface area contributed by atoms with Crippen LogP contribution in [0.3, 0.4) is 0 Å². The molecule has 5 nitrogen and oxygen atoms in total. The summed E-state index contributed by atoms with van der Waals surface area (Å²) in [6.45, 7) is 2.46. The van der Waals surface area contributed by atoms with Crippen molar-refractivity contribution in [2.24, 2.45) is 11.5 Å².